The Morgan fingerprint density at radius 3 is 1.47 bits per heavy atom. The molecule has 1 N–H and O–H groups in total. The molecule has 0 aromatic carbocycles. The van der Waals surface area contributed by atoms with Crippen LogP contribution in [0.25, 0.3) is 0 Å². The molecule has 1 amide bonds. The van der Waals surface area contributed by atoms with Gasteiger partial charge in [-0.1, -0.05) is 19.7 Å². The number of esters is 3. The van der Waals surface area contributed by atoms with Gasteiger partial charge in [0.15, 0.2) is 0 Å². The Labute approximate surface area is 212 Å². The Kier molecular flexibility index (Phi) is 16.8. The lowest BCUT2D eigenvalue weighted by molar-refractivity contribution is -0.169. The molecule has 0 spiro atoms. The van der Waals surface area contributed by atoms with Gasteiger partial charge in [-0.3, -0.25) is 0 Å². The first-order valence-corrected chi connectivity index (χ1v) is 13.3. The van der Waals surface area contributed by atoms with E-state index in [9.17, 15) is 19.2 Å². The maximum atomic E-state index is 12.6. The molecule has 0 radical (unpaired) electrons. The number of carbonyl (C=O) groups excluding carboxylic acids is 4. The van der Waals surface area contributed by atoms with E-state index in [0.29, 0.717) is 32.3 Å². The molecule has 12 nitrogen and oxygen atoms in total. The lowest BCUT2D eigenvalue weighted by Crippen LogP contribution is -2.51. The number of rotatable bonds is 20. The number of hydrogen-bond acceptors (Lipinski definition) is 11. The molecule has 0 bridgehead atoms. The molecule has 13 heteroatoms. The Morgan fingerprint density at radius 1 is 0.750 bits per heavy atom. The van der Waals surface area contributed by atoms with Gasteiger partial charge in [0, 0.05) is 50.6 Å². The van der Waals surface area contributed by atoms with Gasteiger partial charge in [-0.15, -0.1) is 0 Å². The van der Waals surface area contributed by atoms with Crippen molar-refractivity contribution in [1.29, 1.82) is 0 Å². The first kappa shape index (κ1) is 33.0. The van der Waals surface area contributed by atoms with Gasteiger partial charge in [0.2, 0.25) is 5.60 Å². The monoisotopic (exact) mass is 531 g/mol. The third kappa shape index (κ3) is 13.2. The van der Waals surface area contributed by atoms with E-state index in [-0.39, 0.29) is 6.54 Å². The first-order valence-electron chi connectivity index (χ1n) is 11.4. The quantitative estimate of drug-likeness (QED) is 0.0810. The van der Waals surface area contributed by atoms with Crippen molar-refractivity contribution in [2.24, 2.45) is 0 Å². The molecule has 0 fully saturated rings. The minimum atomic E-state index is -2.90. The number of nitrogens with one attached hydrogen (secondary N) is 1. The molecule has 36 heavy (non-hydrogen) atoms. The second-order valence-corrected chi connectivity index (χ2v) is 9.75. The lowest BCUT2D eigenvalue weighted by atomic mass is 10.1. The number of carbonyl (C=O) groups is 4. The van der Waals surface area contributed by atoms with Crippen LogP contribution < -0.4 is 5.32 Å². The summed E-state index contributed by atoms with van der Waals surface area (Å²) in [6.45, 7) is 15.0. The maximum absolute atomic E-state index is 12.6. The van der Waals surface area contributed by atoms with E-state index >= 15 is 0 Å². The SMILES string of the molecule is C=CC(=O)OCC(COC(=O)C=C)(COC(=O)C=C)OC(=O)NCCC[Si](OCC)(OCC)OCC. The van der Waals surface area contributed by atoms with E-state index in [1.807, 2.05) is 20.8 Å². The minimum Gasteiger partial charge on any atom is -0.458 e. The maximum Gasteiger partial charge on any atom is 0.500 e. The fraction of sp³-hybridized carbons (Fsp3) is 0.565. The van der Waals surface area contributed by atoms with Gasteiger partial charge in [0.25, 0.3) is 0 Å². The van der Waals surface area contributed by atoms with Crippen molar-refractivity contribution >= 4 is 32.8 Å². The predicted octanol–water partition coefficient (Wildman–Crippen LogP) is 2.08. The van der Waals surface area contributed by atoms with E-state index in [1.54, 1.807) is 0 Å². The van der Waals surface area contributed by atoms with Crippen molar-refractivity contribution in [3.05, 3.63) is 38.0 Å². The third-order valence-corrected chi connectivity index (χ3v) is 7.41. The van der Waals surface area contributed by atoms with Crippen LogP contribution >= 0.6 is 0 Å². The molecule has 0 aliphatic heterocycles. The zero-order valence-corrected chi connectivity index (χ0v) is 22.2. The highest BCUT2D eigenvalue weighted by Crippen LogP contribution is 2.19. The van der Waals surface area contributed by atoms with Gasteiger partial charge in [-0.2, -0.15) is 0 Å². The molecule has 0 atom stereocenters. The zero-order valence-electron chi connectivity index (χ0n) is 21.2. The second kappa shape index (κ2) is 18.3. The minimum absolute atomic E-state index is 0.155. The summed E-state index contributed by atoms with van der Waals surface area (Å²) in [5.74, 6) is -2.51. The van der Waals surface area contributed by atoms with Crippen LogP contribution in [0.5, 0.6) is 0 Å². The molecule has 0 saturated carbocycles. The summed E-state index contributed by atoms with van der Waals surface area (Å²) in [7, 11) is -2.90. The van der Waals surface area contributed by atoms with Gasteiger partial charge in [-0.05, 0) is 27.2 Å². The van der Waals surface area contributed by atoms with Crippen LogP contribution in [-0.2, 0) is 46.6 Å². The summed E-state index contributed by atoms with van der Waals surface area (Å²) < 4.78 is 37.8. The molecule has 0 aliphatic rings. The van der Waals surface area contributed by atoms with Gasteiger partial charge in [0.1, 0.15) is 19.8 Å². The van der Waals surface area contributed by atoms with E-state index < -0.39 is 58.2 Å². The average molecular weight is 532 g/mol. The summed E-state index contributed by atoms with van der Waals surface area (Å²) in [6, 6.07) is 0.443. The highest BCUT2D eigenvalue weighted by Gasteiger charge is 2.41. The molecule has 0 aliphatic carbocycles. The van der Waals surface area contributed by atoms with Crippen LogP contribution in [0.4, 0.5) is 4.79 Å². The molecule has 0 heterocycles. The van der Waals surface area contributed by atoms with Crippen LogP contribution in [0.3, 0.4) is 0 Å². The van der Waals surface area contributed by atoms with Gasteiger partial charge in [-0.25, -0.2) is 19.2 Å². The zero-order chi connectivity index (χ0) is 27.5. The molecular weight excluding hydrogens is 494 g/mol. The largest absolute Gasteiger partial charge is 0.500 e. The van der Waals surface area contributed by atoms with Gasteiger partial charge < -0.3 is 37.5 Å². The topological polar surface area (TPSA) is 145 Å². The molecular formula is C23H37NO11Si. The standard InChI is InChI=1S/C23H37NO11Si/c1-7-19(25)29-16-23(17-30-20(26)8-2,18-31-21(27)9-3)35-22(28)24-14-13-15-36(32-10-4,33-11-5)34-12-6/h7-9H,1-3,10-18H2,4-6H3,(H,24,28). The molecule has 0 unspecified atom stereocenters. The first-order chi connectivity index (χ1) is 17.1. The van der Waals surface area contributed by atoms with Crippen LogP contribution in [-0.4, -0.2) is 84.6 Å². The van der Waals surface area contributed by atoms with Gasteiger partial charge >= 0.3 is 32.8 Å². The Hall–Kier alpha value is -3.00. The van der Waals surface area contributed by atoms with Crippen LogP contribution in [0.1, 0.15) is 27.2 Å². The predicted molar refractivity (Wildman–Crippen MR) is 131 cm³/mol. The normalized spacial score (nSPS) is 11.1. The Morgan fingerprint density at radius 2 is 1.14 bits per heavy atom. The van der Waals surface area contributed by atoms with Crippen molar-refractivity contribution < 1.29 is 51.4 Å². The highest BCUT2D eigenvalue weighted by atomic mass is 28.4. The number of alkyl carbamates (subject to hydrolysis) is 1. The average Bonchev–Trinajstić information content (AvgIpc) is 2.87. The van der Waals surface area contributed by atoms with Crippen molar-refractivity contribution in [1.82, 2.24) is 5.32 Å². The van der Waals surface area contributed by atoms with Crippen molar-refractivity contribution in [3.8, 4) is 0 Å². The van der Waals surface area contributed by atoms with E-state index in [0.717, 1.165) is 18.2 Å². The Balaban J connectivity index is 5.41. The fourth-order valence-electron chi connectivity index (χ4n) is 2.73. The van der Waals surface area contributed by atoms with Crippen molar-refractivity contribution in [2.45, 2.75) is 38.8 Å². The molecule has 204 valence electrons. The summed E-state index contributed by atoms with van der Waals surface area (Å²) in [6.07, 6.45) is 2.17. The van der Waals surface area contributed by atoms with Crippen molar-refractivity contribution in [3.63, 3.8) is 0 Å². The second-order valence-electron chi connectivity index (χ2n) is 7.02. The third-order valence-electron chi connectivity index (χ3n) is 4.26. The molecule has 0 aromatic heterocycles. The Bertz CT molecular complexity index is 680. The van der Waals surface area contributed by atoms with E-state index in [2.05, 4.69) is 25.1 Å². The molecule has 0 aromatic rings. The lowest BCUT2D eigenvalue weighted by Gasteiger charge is -2.31. The number of hydrogen-bond donors (Lipinski definition) is 1. The van der Waals surface area contributed by atoms with Crippen molar-refractivity contribution in [2.75, 3.05) is 46.2 Å². The summed E-state index contributed by atoms with van der Waals surface area (Å²) >= 11 is 0. The molecule has 0 saturated heterocycles. The van der Waals surface area contributed by atoms with E-state index in [1.165, 1.54) is 0 Å². The number of ether oxygens (including phenoxy) is 4. The number of amides is 1. The van der Waals surface area contributed by atoms with Crippen LogP contribution in [0, 0.1) is 0 Å². The summed E-state index contributed by atoms with van der Waals surface area (Å²) in [5, 5.41) is 2.55. The summed E-state index contributed by atoms with van der Waals surface area (Å²) in [4.78, 5) is 47.5. The van der Waals surface area contributed by atoms with Gasteiger partial charge in [0.05, 0.1) is 0 Å². The van der Waals surface area contributed by atoms with Crippen LogP contribution in [0.15, 0.2) is 38.0 Å². The summed E-state index contributed by atoms with van der Waals surface area (Å²) in [5.41, 5.74) is -1.86. The van der Waals surface area contributed by atoms with E-state index in [4.69, 9.17) is 32.2 Å². The molecule has 0 rings (SSSR count). The van der Waals surface area contributed by atoms with Crippen LogP contribution in [0.2, 0.25) is 6.04 Å². The smallest absolute Gasteiger partial charge is 0.458 e. The fourth-order valence-corrected chi connectivity index (χ4v) is 5.34. The highest BCUT2D eigenvalue weighted by molar-refractivity contribution is 6.60.